The Balaban J connectivity index is 2.17. The highest BCUT2D eigenvalue weighted by Gasteiger charge is 2.29. The lowest BCUT2D eigenvalue weighted by Gasteiger charge is -2.23. The van der Waals surface area contributed by atoms with Crippen molar-refractivity contribution in [3.05, 3.63) is 33.8 Å². The summed E-state index contributed by atoms with van der Waals surface area (Å²) < 4.78 is 5.66. The van der Waals surface area contributed by atoms with E-state index in [1.165, 1.54) is 0 Å². The number of aliphatic hydroxyl groups is 1. The van der Waals surface area contributed by atoms with Crippen LogP contribution in [0.5, 0.6) is 0 Å². The zero-order chi connectivity index (χ0) is 20.7. The maximum Gasteiger partial charge on any atom is 0.309 e. The molecule has 6 heteroatoms. The first-order valence-electron chi connectivity index (χ1n) is 9.94. The number of cyclic esters (lactones) is 1. The standard InChI is InChI=1S/C22H31NO4S/c1-14-9-7-5-6-8-10-20(15(2)11-18-13-28-17(4)23-18)27-21(25)12-19(24)16(3)22(14)26/h6,8,11,13-14,16,19-20,24H,5,7,9-10,12H2,1-4H3/b8-6-,15-11+/t14-,16-,19+,20+/m1/s1. The Bertz CT molecular complexity index is 737. The summed E-state index contributed by atoms with van der Waals surface area (Å²) in [5.41, 5.74) is 1.76. The number of hydrogen-bond donors (Lipinski definition) is 1. The van der Waals surface area contributed by atoms with Gasteiger partial charge in [-0.1, -0.05) is 26.0 Å². The number of Topliss-reactive ketones (excluding diaryl/α,β-unsaturated/α-hetero) is 1. The second-order valence-electron chi connectivity index (χ2n) is 7.66. The smallest absolute Gasteiger partial charge is 0.309 e. The van der Waals surface area contributed by atoms with Crippen molar-refractivity contribution >= 4 is 29.2 Å². The number of allylic oxidation sites excluding steroid dienone is 1. The molecule has 0 saturated carbocycles. The van der Waals surface area contributed by atoms with Gasteiger partial charge in [-0.25, -0.2) is 4.98 Å². The van der Waals surface area contributed by atoms with E-state index in [4.69, 9.17) is 4.74 Å². The zero-order valence-corrected chi connectivity index (χ0v) is 18.0. The SMILES string of the molecule is C/C(=C\c1csc(C)n1)[C@@H]1C/C=C\CCC[C@@H](C)C(=O)[C@H](C)[C@@H](O)CC(=O)O1. The molecule has 0 aromatic carbocycles. The van der Waals surface area contributed by atoms with E-state index in [0.717, 1.165) is 35.5 Å². The van der Waals surface area contributed by atoms with Crippen LogP contribution < -0.4 is 0 Å². The summed E-state index contributed by atoms with van der Waals surface area (Å²) >= 11 is 1.57. The number of aryl methyl sites for hydroxylation is 1. The molecule has 0 bridgehead atoms. The lowest BCUT2D eigenvalue weighted by Crippen LogP contribution is -2.33. The average Bonchev–Trinajstić information content (AvgIpc) is 3.05. The zero-order valence-electron chi connectivity index (χ0n) is 17.2. The van der Waals surface area contributed by atoms with Crippen LogP contribution in [0.3, 0.4) is 0 Å². The first-order chi connectivity index (χ1) is 13.3. The molecule has 1 aliphatic rings. The molecular formula is C22H31NO4S. The van der Waals surface area contributed by atoms with Gasteiger partial charge in [-0.05, 0) is 44.8 Å². The van der Waals surface area contributed by atoms with E-state index in [1.54, 1.807) is 18.3 Å². The minimum atomic E-state index is -1.02. The van der Waals surface area contributed by atoms with Gasteiger partial charge < -0.3 is 9.84 Å². The van der Waals surface area contributed by atoms with Crippen LogP contribution in [0.1, 0.15) is 63.6 Å². The molecule has 2 heterocycles. The Hall–Kier alpha value is -1.79. The maximum absolute atomic E-state index is 12.5. The van der Waals surface area contributed by atoms with Crippen molar-refractivity contribution in [2.75, 3.05) is 0 Å². The van der Waals surface area contributed by atoms with Gasteiger partial charge in [0.05, 0.1) is 23.2 Å². The van der Waals surface area contributed by atoms with Gasteiger partial charge in [-0.3, -0.25) is 9.59 Å². The van der Waals surface area contributed by atoms with E-state index in [0.29, 0.717) is 6.42 Å². The molecule has 5 nitrogen and oxygen atoms in total. The maximum atomic E-state index is 12.5. The number of thiazole rings is 1. The number of aliphatic hydroxyl groups excluding tert-OH is 1. The third-order valence-electron chi connectivity index (χ3n) is 5.21. The van der Waals surface area contributed by atoms with Crippen molar-refractivity contribution in [1.29, 1.82) is 0 Å². The molecule has 0 aliphatic carbocycles. The first-order valence-corrected chi connectivity index (χ1v) is 10.8. The van der Waals surface area contributed by atoms with Gasteiger partial charge in [-0.15, -0.1) is 11.3 Å². The van der Waals surface area contributed by atoms with E-state index in [2.05, 4.69) is 11.1 Å². The van der Waals surface area contributed by atoms with Crippen molar-refractivity contribution in [3.63, 3.8) is 0 Å². The van der Waals surface area contributed by atoms with Gasteiger partial charge in [0.15, 0.2) is 0 Å². The Morgan fingerprint density at radius 2 is 2.07 bits per heavy atom. The third kappa shape index (κ3) is 6.67. The molecule has 0 spiro atoms. The molecular weight excluding hydrogens is 374 g/mol. The van der Waals surface area contributed by atoms with Crippen LogP contribution in [0.4, 0.5) is 0 Å². The highest BCUT2D eigenvalue weighted by Crippen LogP contribution is 2.22. The summed E-state index contributed by atoms with van der Waals surface area (Å²) in [6.45, 7) is 7.46. The second-order valence-corrected chi connectivity index (χ2v) is 8.72. The molecule has 1 aromatic heterocycles. The van der Waals surface area contributed by atoms with E-state index < -0.39 is 24.1 Å². The molecule has 1 aromatic rings. The van der Waals surface area contributed by atoms with Crippen LogP contribution in [-0.4, -0.2) is 34.1 Å². The fraction of sp³-hybridized carbons (Fsp3) is 0.591. The number of esters is 1. The van der Waals surface area contributed by atoms with Crippen LogP contribution in [0.25, 0.3) is 6.08 Å². The highest BCUT2D eigenvalue weighted by atomic mass is 32.1. The normalized spacial score (nSPS) is 29.8. The number of carbonyl (C=O) groups excluding carboxylic acids is 2. The lowest BCUT2D eigenvalue weighted by atomic mass is 9.87. The monoisotopic (exact) mass is 405 g/mol. The second kappa shape index (κ2) is 10.7. The van der Waals surface area contributed by atoms with E-state index in [9.17, 15) is 14.7 Å². The van der Waals surface area contributed by atoms with Crippen molar-refractivity contribution < 1.29 is 19.4 Å². The van der Waals surface area contributed by atoms with Crippen molar-refractivity contribution in [2.24, 2.45) is 11.8 Å². The summed E-state index contributed by atoms with van der Waals surface area (Å²) in [6, 6.07) is 0. The molecule has 0 amide bonds. The first kappa shape index (κ1) is 22.5. The van der Waals surface area contributed by atoms with Crippen LogP contribution in [0.2, 0.25) is 0 Å². The Morgan fingerprint density at radius 1 is 1.32 bits per heavy atom. The molecule has 0 radical (unpaired) electrons. The topological polar surface area (TPSA) is 76.5 Å². The lowest BCUT2D eigenvalue weighted by molar-refractivity contribution is -0.150. The van der Waals surface area contributed by atoms with Gasteiger partial charge >= 0.3 is 5.97 Å². The Labute approximate surface area is 171 Å². The van der Waals surface area contributed by atoms with E-state index in [1.807, 2.05) is 38.3 Å². The van der Waals surface area contributed by atoms with Crippen molar-refractivity contribution in [3.8, 4) is 0 Å². The fourth-order valence-corrected chi connectivity index (χ4v) is 3.88. The summed E-state index contributed by atoms with van der Waals surface area (Å²) in [5, 5.41) is 13.3. The van der Waals surface area contributed by atoms with Crippen LogP contribution in [0.15, 0.2) is 23.1 Å². The number of rotatable bonds is 2. The average molecular weight is 406 g/mol. The van der Waals surface area contributed by atoms with Crippen molar-refractivity contribution in [1.82, 2.24) is 4.98 Å². The van der Waals surface area contributed by atoms with Gasteiger partial charge in [0.25, 0.3) is 0 Å². The molecule has 2 rings (SSSR count). The molecule has 0 unspecified atom stereocenters. The molecule has 28 heavy (non-hydrogen) atoms. The summed E-state index contributed by atoms with van der Waals surface area (Å²) in [6.07, 6.45) is 7.60. The third-order valence-corrected chi connectivity index (χ3v) is 6.00. The predicted octanol–water partition coefficient (Wildman–Crippen LogP) is 4.49. The van der Waals surface area contributed by atoms with Gasteiger partial charge in [0.1, 0.15) is 11.9 Å². The molecule has 1 aliphatic heterocycles. The molecule has 4 atom stereocenters. The summed E-state index contributed by atoms with van der Waals surface area (Å²) in [7, 11) is 0. The molecule has 154 valence electrons. The van der Waals surface area contributed by atoms with Gasteiger partial charge in [-0.2, -0.15) is 0 Å². The number of hydrogen-bond acceptors (Lipinski definition) is 6. The van der Waals surface area contributed by atoms with Gasteiger partial charge in [0, 0.05) is 23.6 Å². The summed E-state index contributed by atoms with van der Waals surface area (Å²) in [5.74, 6) is -1.17. The summed E-state index contributed by atoms with van der Waals surface area (Å²) in [4.78, 5) is 29.3. The predicted molar refractivity (Wildman–Crippen MR) is 112 cm³/mol. The van der Waals surface area contributed by atoms with Gasteiger partial charge in [0.2, 0.25) is 0 Å². The number of carbonyl (C=O) groups is 2. The van der Waals surface area contributed by atoms with Crippen molar-refractivity contribution in [2.45, 2.75) is 72.0 Å². The number of ketones is 1. The molecule has 0 fully saturated rings. The minimum Gasteiger partial charge on any atom is -0.457 e. The molecule has 0 saturated heterocycles. The largest absolute Gasteiger partial charge is 0.457 e. The van der Waals surface area contributed by atoms with Crippen LogP contribution in [0, 0.1) is 18.8 Å². The fourth-order valence-electron chi connectivity index (χ4n) is 3.31. The molecule has 1 N–H and O–H groups in total. The highest BCUT2D eigenvalue weighted by molar-refractivity contribution is 7.09. The Kier molecular flexibility index (Phi) is 8.58. The Morgan fingerprint density at radius 3 is 2.75 bits per heavy atom. The number of nitrogens with zero attached hydrogens (tertiary/aromatic N) is 1. The number of ether oxygens (including phenoxy) is 1. The van der Waals surface area contributed by atoms with Crippen LogP contribution >= 0.6 is 11.3 Å². The number of aromatic nitrogens is 1. The van der Waals surface area contributed by atoms with E-state index >= 15 is 0 Å². The minimum absolute atomic E-state index is 0.00728. The van der Waals surface area contributed by atoms with E-state index in [-0.39, 0.29) is 18.1 Å². The quantitative estimate of drug-likeness (QED) is 0.579. The van der Waals surface area contributed by atoms with Crippen LogP contribution in [-0.2, 0) is 14.3 Å².